The second kappa shape index (κ2) is 13.3. The average molecular weight is 673 g/mol. The predicted octanol–water partition coefficient (Wildman–Crippen LogP) is 4.91. The summed E-state index contributed by atoms with van der Waals surface area (Å²) < 4.78 is 75.6. The summed E-state index contributed by atoms with van der Waals surface area (Å²) in [4.78, 5) is 32.2. The minimum atomic E-state index is -5.18. The van der Waals surface area contributed by atoms with E-state index in [1.54, 1.807) is 31.2 Å². The van der Waals surface area contributed by atoms with Crippen LogP contribution in [0.5, 0.6) is 0 Å². The van der Waals surface area contributed by atoms with E-state index in [4.69, 9.17) is 4.74 Å². The number of piperazine rings is 1. The molecule has 3 heterocycles. The van der Waals surface area contributed by atoms with Gasteiger partial charge in [-0.25, -0.2) is 14.2 Å². The molecule has 2 saturated heterocycles. The third-order valence-corrected chi connectivity index (χ3v) is 9.14. The van der Waals surface area contributed by atoms with Crippen molar-refractivity contribution in [1.82, 2.24) is 15.6 Å². The molecule has 3 aliphatic rings. The summed E-state index contributed by atoms with van der Waals surface area (Å²) in [7, 11) is 1.99. The van der Waals surface area contributed by atoms with Gasteiger partial charge in [0.05, 0.1) is 16.9 Å². The molecule has 14 heteroatoms. The lowest BCUT2D eigenvalue weighted by atomic mass is 9.95. The van der Waals surface area contributed by atoms with Crippen LogP contribution in [0.2, 0.25) is 0 Å². The summed E-state index contributed by atoms with van der Waals surface area (Å²) in [6, 6.07) is 12.4. The van der Waals surface area contributed by atoms with Crippen molar-refractivity contribution in [2.24, 2.45) is 0 Å². The molecule has 0 aromatic heterocycles. The fourth-order valence-electron chi connectivity index (χ4n) is 6.55. The van der Waals surface area contributed by atoms with Gasteiger partial charge in [0, 0.05) is 62.8 Å². The van der Waals surface area contributed by atoms with Crippen LogP contribution in [0.15, 0.2) is 54.6 Å². The smallest absolute Gasteiger partial charge is 0.381 e. The van der Waals surface area contributed by atoms with E-state index in [1.165, 1.54) is 24.3 Å². The molecule has 0 aliphatic carbocycles. The Morgan fingerprint density at radius 3 is 2.31 bits per heavy atom. The number of ether oxygens (including phenoxy) is 1. The van der Waals surface area contributed by atoms with Crippen LogP contribution in [0.4, 0.5) is 39.0 Å². The quantitative estimate of drug-likeness (QED) is 0.308. The lowest BCUT2D eigenvalue weighted by Crippen LogP contribution is -2.53. The maximum absolute atomic E-state index is 14.2. The Hall–Kier alpha value is -4.27. The van der Waals surface area contributed by atoms with Crippen LogP contribution in [-0.2, 0) is 21.6 Å². The molecule has 3 aromatic rings. The molecule has 3 aliphatic heterocycles. The summed E-state index contributed by atoms with van der Waals surface area (Å²) in [5.41, 5.74) is 7.56. The van der Waals surface area contributed by atoms with Crippen molar-refractivity contribution in [3.63, 3.8) is 0 Å². The Kier molecular flexibility index (Phi) is 9.33. The first-order valence-electron chi connectivity index (χ1n) is 15.8. The number of nitrogens with zero attached hydrogens (tertiary/aromatic N) is 3. The minimum Gasteiger partial charge on any atom is -0.381 e. The molecule has 2 amide bonds. The van der Waals surface area contributed by atoms with Gasteiger partial charge >= 0.3 is 12.1 Å². The maximum atomic E-state index is 14.2. The normalized spacial score (nSPS) is 20.3. The van der Waals surface area contributed by atoms with Gasteiger partial charge in [-0.1, -0.05) is 6.07 Å². The van der Waals surface area contributed by atoms with Crippen molar-refractivity contribution in [3.05, 3.63) is 88.5 Å². The number of alkyl halides is 3. The highest BCUT2D eigenvalue weighted by molar-refractivity contribution is 6.07. The van der Waals surface area contributed by atoms with Gasteiger partial charge < -0.3 is 30.2 Å². The van der Waals surface area contributed by atoms with Crippen LogP contribution in [0.25, 0.3) is 0 Å². The third kappa shape index (κ3) is 7.10. The van der Waals surface area contributed by atoms with E-state index in [2.05, 4.69) is 21.1 Å². The number of amides is 2. The van der Waals surface area contributed by atoms with E-state index in [-0.39, 0.29) is 43.7 Å². The number of fused-ring (bicyclic) bond motifs is 1. The molecular formula is C34H37F5N6O3. The van der Waals surface area contributed by atoms with E-state index in [0.29, 0.717) is 41.2 Å². The molecule has 9 nitrogen and oxygen atoms in total. The number of anilines is 3. The molecule has 1 unspecified atom stereocenters. The Morgan fingerprint density at radius 2 is 1.65 bits per heavy atom. The van der Waals surface area contributed by atoms with Crippen LogP contribution in [0.3, 0.4) is 0 Å². The second-order valence-corrected chi connectivity index (χ2v) is 12.7. The lowest BCUT2D eigenvalue weighted by molar-refractivity contribution is -0.171. The van der Waals surface area contributed by atoms with E-state index in [1.807, 2.05) is 11.9 Å². The largest absolute Gasteiger partial charge is 0.471 e. The van der Waals surface area contributed by atoms with Gasteiger partial charge in [-0.05, 0) is 86.8 Å². The number of hydrogen-bond donors (Lipinski definition) is 3. The van der Waals surface area contributed by atoms with Crippen LogP contribution in [0.1, 0.15) is 46.8 Å². The summed E-state index contributed by atoms with van der Waals surface area (Å²) in [5, 5.41) is 2.92. The lowest BCUT2D eigenvalue weighted by Gasteiger charge is -2.38. The Labute approximate surface area is 275 Å². The van der Waals surface area contributed by atoms with E-state index in [0.717, 1.165) is 24.1 Å². The van der Waals surface area contributed by atoms with E-state index < -0.39 is 41.3 Å². The Balaban J connectivity index is 1.35. The molecule has 0 bridgehead atoms. The van der Waals surface area contributed by atoms with Gasteiger partial charge in [-0.15, -0.1) is 0 Å². The summed E-state index contributed by atoms with van der Waals surface area (Å²) in [5.74, 6) is -4.14. The van der Waals surface area contributed by atoms with Crippen molar-refractivity contribution < 1.29 is 36.3 Å². The zero-order chi connectivity index (χ0) is 34.2. The molecule has 1 atom stereocenters. The third-order valence-electron chi connectivity index (χ3n) is 9.14. The number of rotatable bonds is 7. The Morgan fingerprint density at radius 1 is 0.958 bits per heavy atom. The molecule has 6 rings (SSSR count). The van der Waals surface area contributed by atoms with Crippen molar-refractivity contribution >= 4 is 28.9 Å². The molecule has 3 N–H and O–H groups in total. The predicted molar refractivity (Wildman–Crippen MR) is 171 cm³/mol. The molecule has 0 radical (unpaired) electrons. The molecule has 2 fully saturated rings. The molecule has 0 saturated carbocycles. The fourth-order valence-corrected chi connectivity index (χ4v) is 6.55. The van der Waals surface area contributed by atoms with Crippen LogP contribution in [-0.4, -0.2) is 75.4 Å². The van der Waals surface area contributed by atoms with Crippen LogP contribution >= 0.6 is 0 Å². The number of benzene rings is 3. The van der Waals surface area contributed by atoms with Gasteiger partial charge in [0.1, 0.15) is 17.3 Å². The molecule has 0 spiro atoms. The first-order chi connectivity index (χ1) is 22.8. The number of carbonyl (C=O) groups is 2. The Bertz CT molecular complexity index is 1670. The van der Waals surface area contributed by atoms with E-state index >= 15 is 0 Å². The van der Waals surface area contributed by atoms with Gasteiger partial charge in [0.15, 0.2) is 0 Å². The maximum Gasteiger partial charge on any atom is 0.471 e. The molecular weight excluding hydrogens is 635 g/mol. The number of hydrazine groups is 1. The van der Waals surface area contributed by atoms with Gasteiger partial charge in [-0.2, -0.15) is 13.2 Å². The van der Waals surface area contributed by atoms with Crippen molar-refractivity contribution in [1.29, 1.82) is 0 Å². The number of likely N-dealkylation sites (N-methyl/N-ethyl adjacent to an activating group) is 1. The summed E-state index contributed by atoms with van der Waals surface area (Å²) >= 11 is 0. The number of hydrogen-bond acceptors (Lipinski definition) is 7. The van der Waals surface area contributed by atoms with E-state index in [9.17, 15) is 31.5 Å². The van der Waals surface area contributed by atoms with Crippen LogP contribution in [0, 0.1) is 11.6 Å². The average Bonchev–Trinajstić information content (AvgIpc) is 3.36. The number of carbonyl (C=O) groups excluding carboxylic acids is 2. The zero-order valence-corrected chi connectivity index (χ0v) is 26.6. The first kappa shape index (κ1) is 33.6. The number of nitrogens with one attached hydrogen (secondary N) is 3. The first-order valence-corrected chi connectivity index (χ1v) is 15.8. The van der Waals surface area contributed by atoms with Crippen molar-refractivity contribution in [2.75, 3.05) is 61.7 Å². The second-order valence-electron chi connectivity index (χ2n) is 12.7. The number of halogens is 5. The molecule has 256 valence electrons. The standard InChI is InChI=1S/C34H37F5N6O3/c1-33(28-18-21(3-6-29(28)41-42-33)15-22-16-23(35)19-24(36)17-22)40-31(46)27-5-4-26(44-11-9-43(2)10-12-44)20-30(27)45(32(47)34(37,38)39)25-7-13-48-14-8-25/h3-6,16-20,25,41-42H,7-15H2,1-2H3,(H,40,46). The highest BCUT2D eigenvalue weighted by Gasteiger charge is 2.47. The summed E-state index contributed by atoms with van der Waals surface area (Å²) in [6.45, 7) is 4.79. The highest BCUT2D eigenvalue weighted by Crippen LogP contribution is 2.37. The summed E-state index contributed by atoms with van der Waals surface area (Å²) in [6.07, 6.45) is -4.62. The van der Waals surface area contributed by atoms with Gasteiger partial charge in [0.25, 0.3) is 5.91 Å². The minimum absolute atomic E-state index is 0.0974. The van der Waals surface area contributed by atoms with Crippen LogP contribution < -0.4 is 26.0 Å². The zero-order valence-electron chi connectivity index (χ0n) is 26.6. The molecule has 48 heavy (non-hydrogen) atoms. The van der Waals surface area contributed by atoms with Crippen molar-refractivity contribution in [2.45, 2.75) is 44.1 Å². The van der Waals surface area contributed by atoms with Crippen molar-refractivity contribution in [3.8, 4) is 0 Å². The SMILES string of the molecule is CN1CCN(c2ccc(C(=O)NC3(C)NNc4ccc(Cc5cc(F)cc(F)c5)cc43)c(N(C(=O)C(F)(F)F)C3CCOCC3)c2)CC1. The molecule has 3 aromatic carbocycles. The monoisotopic (exact) mass is 672 g/mol. The highest BCUT2D eigenvalue weighted by atomic mass is 19.4. The topological polar surface area (TPSA) is 89.2 Å². The fraction of sp³-hybridized carbons (Fsp3) is 0.412. The van der Waals surface area contributed by atoms with Gasteiger partial charge in [0.2, 0.25) is 0 Å². The van der Waals surface area contributed by atoms with Gasteiger partial charge in [-0.3, -0.25) is 9.59 Å².